The summed E-state index contributed by atoms with van der Waals surface area (Å²) in [5, 5.41) is 1.22. The van der Waals surface area contributed by atoms with Crippen molar-refractivity contribution in [2.24, 2.45) is 0 Å². The van der Waals surface area contributed by atoms with E-state index in [1.165, 1.54) is 22.7 Å². The fourth-order valence-corrected chi connectivity index (χ4v) is 4.38. The van der Waals surface area contributed by atoms with E-state index in [2.05, 4.69) is 0 Å². The fraction of sp³-hybridized carbons (Fsp3) is 0. The van der Waals surface area contributed by atoms with E-state index in [1.807, 2.05) is 0 Å². The summed E-state index contributed by atoms with van der Waals surface area (Å²) >= 11 is 26.4. The summed E-state index contributed by atoms with van der Waals surface area (Å²) in [7, 11) is 0. The molecule has 2 aromatic heterocycles. The van der Waals surface area contributed by atoms with Gasteiger partial charge in [0.25, 0.3) is 0 Å². The number of hydrogen-bond acceptors (Lipinski definition) is 2. The molecule has 6 heteroatoms. The van der Waals surface area contributed by atoms with Crippen LogP contribution in [0, 0.1) is 0 Å². The Kier molecular flexibility index (Phi) is 3.32. The monoisotopic (exact) mass is 302 g/mol. The van der Waals surface area contributed by atoms with Crippen molar-refractivity contribution < 1.29 is 0 Å². The molecule has 74 valence electrons. The van der Waals surface area contributed by atoms with Crippen LogP contribution in [0.4, 0.5) is 0 Å². The van der Waals surface area contributed by atoms with E-state index in [9.17, 15) is 0 Å². The summed E-state index contributed by atoms with van der Waals surface area (Å²) in [4.78, 5) is 1.75. The van der Waals surface area contributed by atoms with E-state index >= 15 is 0 Å². The smallest absolute Gasteiger partial charge is 0.0950 e. The van der Waals surface area contributed by atoms with Crippen molar-refractivity contribution in [1.29, 1.82) is 0 Å². The third-order valence-corrected chi connectivity index (χ3v) is 5.03. The Morgan fingerprint density at radius 3 is 1.29 bits per heavy atom. The van der Waals surface area contributed by atoms with Crippen LogP contribution in [0.2, 0.25) is 18.7 Å². The van der Waals surface area contributed by atoms with E-state index in [1.54, 1.807) is 12.1 Å². The molecule has 0 amide bonds. The van der Waals surface area contributed by atoms with Crippen LogP contribution in [0.25, 0.3) is 9.75 Å². The van der Waals surface area contributed by atoms with Crippen LogP contribution in [-0.4, -0.2) is 0 Å². The molecule has 0 aliphatic heterocycles. The molecule has 0 radical (unpaired) electrons. The summed E-state index contributed by atoms with van der Waals surface area (Å²) in [5.74, 6) is 0. The Morgan fingerprint density at radius 2 is 1.07 bits per heavy atom. The summed E-state index contributed by atoms with van der Waals surface area (Å²) < 4.78 is 1.29. The average molecular weight is 304 g/mol. The third-order valence-electron chi connectivity index (χ3n) is 1.52. The summed E-state index contributed by atoms with van der Waals surface area (Å²) in [5.41, 5.74) is 0. The first-order valence-electron chi connectivity index (χ1n) is 3.48. The van der Waals surface area contributed by atoms with Gasteiger partial charge in [0.1, 0.15) is 0 Å². The minimum atomic E-state index is 0.611. The molecule has 0 unspecified atom stereocenters. The van der Waals surface area contributed by atoms with E-state index < -0.39 is 0 Å². The van der Waals surface area contributed by atoms with E-state index in [0.717, 1.165) is 9.75 Å². The topological polar surface area (TPSA) is 0 Å². The molecular weight excluding hydrogens is 302 g/mol. The Hall–Kier alpha value is 0.560. The predicted molar refractivity (Wildman–Crippen MR) is 67.7 cm³/mol. The highest BCUT2D eigenvalue weighted by atomic mass is 35.5. The molecule has 0 atom stereocenters. The van der Waals surface area contributed by atoms with E-state index in [0.29, 0.717) is 18.7 Å². The number of thiophene rings is 2. The normalized spacial score (nSPS) is 10.9. The lowest BCUT2D eigenvalue weighted by molar-refractivity contribution is 1.92. The highest BCUT2D eigenvalue weighted by Crippen LogP contribution is 2.46. The number of hydrogen-bond donors (Lipinski definition) is 0. The zero-order chi connectivity index (χ0) is 10.3. The van der Waals surface area contributed by atoms with Gasteiger partial charge in [-0.15, -0.1) is 22.7 Å². The van der Waals surface area contributed by atoms with Crippen molar-refractivity contribution in [3.05, 3.63) is 30.9 Å². The zero-order valence-corrected chi connectivity index (χ0v) is 11.1. The molecule has 0 spiro atoms. The van der Waals surface area contributed by atoms with Crippen LogP contribution >= 0.6 is 69.1 Å². The highest BCUT2D eigenvalue weighted by Gasteiger charge is 2.14. The molecule has 0 aliphatic carbocycles. The quantitative estimate of drug-likeness (QED) is 0.598. The van der Waals surface area contributed by atoms with Gasteiger partial charge >= 0.3 is 0 Å². The fourth-order valence-electron chi connectivity index (χ4n) is 0.991. The second kappa shape index (κ2) is 4.20. The molecule has 2 heterocycles. The van der Waals surface area contributed by atoms with Crippen molar-refractivity contribution >= 4 is 69.1 Å². The van der Waals surface area contributed by atoms with Crippen molar-refractivity contribution in [3.63, 3.8) is 0 Å². The summed E-state index contributed by atoms with van der Waals surface area (Å²) in [6.07, 6.45) is 0. The minimum absolute atomic E-state index is 0.611. The molecule has 2 rings (SSSR count). The molecule has 14 heavy (non-hydrogen) atoms. The molecular formula is C8H2Cl4S2. The zero-order valence-electron chi connectivity index (χ0n) is 6.48. The van der Waals surface area contributed by atoms with Gasteiger partial charge in [0.15, 0.2) is 0 Å². The molecule has 0 bridgehead atoms. The molecule has 0 fully saturated rings. The van der Waals surface area contributed by atoms with Gasteiger partial charge in [-0.1, -0.05) is 46.4 Å². The first-order valence-corrected chi connectivity index (χ1v) is 6.62. The Balaban J connectivity index is 2.59. The largest absolute Gasteiger partial charge is 0.121 e. The highest BCUT2D eigenvalue weighted by molar-refractivity contribution is 7.26. The lowest BCUT2D eigenvalue weighted by Gasteiger charge is -1.93. The van der Waals surface area contributed by atoms with Gasteiger partial charge in [-0.05, 0) is 12.1 Å². The van der Waals surface area contributed by atoms with Crippen LogP contribution in [0.1, 0.15) is 0 Å². The number of halogens is 4. The molecule has 0 N–H and O–H groups in total. The lowest BCUT2D eigenvalue weighted by Crippen LogP contribution is -1.64. The van der Waals surface area contributed by atoms with E-state index in [4.69, 9.17) is 46.4 Å². The standard InChI is InChI=1S/C8H2Cl4S2/c9-3-1-5(11)13-7(3)8-4(10)2-6(12)14-8/h1-2H. The van der Waals surface area contributed by atoms with Crippen LogP contribution in [-0.2, 0) is 0 Å². The van der Waals surface area contributed by atoms with Gasteiger partial charge in [0.05, 0.1) is 28.5 Å². The predicted octanol–water partition coefficient (Wildman–Crippen LogP) is 6.09. The van der Waals surface area contributed by atoms with Crippen molar-refractivity contribution in [3.8, 4) is 9.75 Å². The third kappa shape index (κ3) is 2.06. The van der Waals surface area contributed by atoms with Gasteiger partial charge in [0.2, 0.25) is 0 Å². The van der Waals surface area contributed by atoms with Crippen LogP contribution < -0.4 is 0 Å². The molecule has 0 saturated heterocycles. The van der Waals surface area contributed by atoms with Gasteiger partial charge in [-0.3, -0.25) is 0 Å². The first kappa shape index (κ1) is 11.1. The van der Waals surface area contributed by atoms with Crippen LogP contribution in [0.5, 0.6) is 0 Å². The molecule has 0 aromatic carbocycles. The molecule has 0 nitrogen and oxygen atoms in total. The Morgan fingerprint density at radius 1 is 0.714 bits per heavy atom. The van der Waals surface area contributed by atoms with Crippen molar-refractivity contribution in [2.75, 3.05) is 0 Å². The maximum atomic E-state index is 5.99. The van der Waals surface area contributed by atoms with Crippen molar-refractivity contribution in [1.82, 2.24) is 0 Å². The summed E-state index contributed by atoms with van der Waals surface area (Å²) in [6.45, 7) is 0. The first-order chi connectivity index (χ1) is 6.58. The maximum Gasteiger partial charge on any atom is 0.0950 e. The van der Waals surface area contributed by atoms with E-state index in [-0.39, 0.29) is 0 Å². The van der Waals surface area contributed by atoms with Crippen LogP contribution in [0.3, 0.4) is 0 Å². The Bertz CT molecular complexity index is 427. The van der Waals surface area contributed by atoms with Crippen molar-refractivity contribution in [2.45, 2.75) is 0 Å². The lowest BCUT2D eigenvalue weighted by atomic mass is 10.4. The molecule has 0 saturated carbocycles. The SMILES string of the molecule is Clc1cc(Cl)c(-c2sc(Cl)cc2Cl)s1. The minimum Gasteiger partial charge on any atom is -0.121 e. The summed E-state index contributed by atoms with van der Waals surface area (Å²) in [6, 6.07) is 3.40. The molecule has 2 aromatic rings. The van der Waals surface area contributed by atoms with Gasteiger partial charge < -0.3 is 0 Å². The maximum absolute atomic E-state index is 5.99. The second-order valence-corrected chi connectivity index (χ2v) is 6.64. The van der Waals surface area contributed by atoms with Gasteiger partial charge in [-0.2, -0.15) is 0 Å². The Labute approximate surface area is 109 Å². The second-order valence-electron chi connectivity index (χ2n) is 2.46. The van der Waals surface area contributed by atoms with Gasteiger partial charge in [-0.25, -0.2) is 0 Å². The average Bonchev–Trinajstić information content (AvgIpc) is 2.55. The van der Waals surface area contributed by atoms with Crippen LogP contribution in [0.15, 0.2) is 12.1 Å². The number of rotatable bonds is 1. The molecule has 0 aliphatic rings. The van der Waals surface area contributed by atoms with Gasteiger partial charge in [0, 0.05) is 0 Å².